The van der Waals surface area contributed by atoms with E-state index in [9.17, 15) is 9.59 Å². The van der Waals surface area contributed by atoms with Crippen LogP contribution in [0.25, 0.3) is 11.0 Å². The van der Waals surface area contributed by atoms with Crippen LogP contribution >= 0.6 is 11.6 Å². The predicted octanol–water partition coefficient (Wildman–Crippen LogP) is 4.68. The van der Waals surface area contributed by atoms with Crippen LogP contribution in [0.2, 0.25) is 5.02 Å². The molecule has 0 radical (unpaired) electrons. The molecule has 1 saturated heterocycles. The summed E-state index contributed by atoms with van der Waals surface area (Å²) in [6, 6.07) is 13.0. The van der Waals surface area contributed by atoms with E-state index in [1.54, 1.807) is 12.1 Å². The van der Waals surface area contributed by atoms with Crippen molar-refractivity contribution in [1.82, 2.24) is 10.2 Å². The zero-order valence-electron chi connectivity index (χ0n) is 19.2. The number of nitrogens with one attached hydrogen (secondary N) is 1. The van der Waals surface area contributed by atoms with Gasteiger partial charge in [0.1, 0.15) is 5.58 Å². The lowest BCUT2D eigenvalue weighted by molar-refractivity contribution is 0.0161. The van der Waals surface area contributed by atoms with Crippen molar-refractivity contribution in [3.8, 4) is 0 Å². The van der Waals surface area contributed by atoms with Gasteiger partial charge in [-0.25, -0.2) is 0 Å². The Hall–Kier alpha value is -2.67. The molecule has 33 heavy (non-hydrogen) atoms. The molecule has 1 aliphatic heterocycles. The summed E-state index contributed by atoms with van der Waals surface area (Å²) in [6.45, 7) is 9.46. The Balaban J connectivity index is 1.56. The van der Waals surface area contributed by atoms with Crippen LogP contribution < -0.4 is 10.7 Å². The summed E-state index contributed by atoms with van der Waals surface area (Å²) in [7, 11) is 0. The van der Waals surface area contributed by atoms with Gasteiger partial charge in [0.15, 0.2) is 11.2 Å². The number of nitrogens with zero attached hydrogens (tertiary/aromatic N) is 1. The number of hydrogen-bond donors (Lipinski definition) is 1. The first-order chi connectivity index (χ1) is 15.8. The number of amides is 1. The molecule has 0 spiro atoms. The average Bonchev–Trinajstić information content (AvgIpc) is 2.81. The van der Waals surface area contributed by atoms with Gasteiger partial charge >= 0.3 is 0 Å². The molecule has 1 N–H and O–H groups in total. The van der Waals surface area contributed by atoms with Gasteiger partial charge in [0.05, 0.1) is 24.6 Å². The van der Waals surface area contributed by atoms with Gasteiger partial charge in [-0.2, -0.15) is 0 Å². The minimum atomic E-state index is -0.418. The minimum Gasteiger partial charge on any atom is -0.451 e. The predicted molar refractivity (Wildman–Crippen MR) is 130 cm³/mol. The summed E-state index contributed by atoms with van der Waals surface area (Å²) in [5, 5.41) is 3.82. The first-order valence-corrected chi connectivity index (χ1v) is 11.6. The summed E-state index contributed by atoms with van der Waals surface area (Å²) in [6.07, 6.45) is 0. The fourth-order valence-electron chi connectivity index (χ4n) is 4.12. The maximum atomic E-state index is 12.9. The van der Waals surface area contributed by atoms with E-state index >= 15 is 0 Å². The Kier molecular flexibility index (Phi) is 7.17. The summed E-state index contributed by atoms with van der Waals surface area (Å²) in [4.78, 5) is 27.8. The van der Waals surface area contributed by atoms with Gasteiger partial charge < -0.3 is 14.5 Å². The van der Waals surface area contributed by atoms with Crippen molar-refractivity contribution < 1.29 is 13.9 Å². The van der Waals surface area contributed by atoms with E-state index in [-0.39, 0.29) is 17.2 Å². The quantitative estimate of drug-likeness (QED) is 0.568. The highest BCUT2D eigenvalue weighted by Gasteiger charge is 2.24. The molecular weight excluding hydrogens is 440 g/mol. The Morgan fingerprint density at radius 2 is 1.76 bits per heavy atom. The van der Waals surface area contributed by atoms with Crippen molar-refractivity contribution in [2.75, 3.05) is 32.8 Å². The number of fused-ring (bicyclic) bond motifs is 1. The molecule has 0 saturated carbocycles. The van der Waals surface area contributed by atoms with Crippen LogP contribution in [0.15, 0.2) is 51.7 Å². The summed E-state index contributed by atoms with van der Waals surface area (Å²) in [5.74, 6) is 0.0266. The van der Waals surface area contributed by atoms with E-state index in [1.807, 2.05) is 6.92 Å². The molecule has 1 amide bonds. The molecule has 3 aromatic rings. The third-order valence-corrected chi connectivity index (χ3v) is 6.57. The van der Waals surface area contributed by atoms with Crippen LogP contribution in [-0.4, -0.2) is 43.7 Å². The van der Waals surface area contributed by atoms with Crippen molar-refractivity contribution in [3.05, 3.63) is 80.2 Å². The number of rotatable bonds is 6. The number of morpholine rings is 1. The van der Waals surface area contributed by atoms with Crippen molar-refractivity contribution in [3.63, 3.8) is 0 Å². The first kappa shape index (κ1) is 23.5. The molecule has 6 nitrogen and oxygen atoms in total. The lowest BCUT2D eigenvalue weighted by Crippen LogP contribution is -2.43. The zero-order chi connectivity index (χ0) is 23.5. The fourth-order valence-corrected chi connectivity index (χ4v) is 4.28. The number of halogens is 1. The molecule has 2 aromatic carbocycles. The van der Waals surface area contributed by atoms with E-state index in [1.165, 1.54) is 11.6 Å². The molecule has 174 valence electrons. The second-order valence-corrected chi connectivity index (χ2v) is 9.18. The van der Waals surface area contributed by atoms with Gasteiger partial charge in [0, 0.05) is 30.7 Å². The van der Waals surface area contributed by atoms with Gasteiger partial charge in [-0.3, -0.25) is 14.5 Å². The molecule has 4 rings (SSSR count). The third kappa shape index (κ3) is 5.29. The van der Waals surface area contributed by atoms with Crippen LogP contribution in [0.5, 0.6) is 0 Å². The zero-order valence-corrected chi connectivity index (χ0v) is 19.9. The van der Waals surface area contributed by atoms with Crippen molar-refractivity contribution in [1.29, 1.82) is 0 Å². The number of carbonyl (C=O) groups is 1. The smallest absolute Gasteiger partial charge is 0.287 e. The van der Waals surface area contributed by atoms with Gasteiger partial charge in [-0.15, -0.1) is 0 Å². The largest absolute Gasteiger partial charge is 0.451 e. The summed E-state index contributed by atoms with van der Waals surface area (Å²) in [5.41, 5.74) is 3.24. The second kappa shape index (κ2) is 10.1. The molecule has 0 unspecified atom stereocenters. The lowest BCUT2D eigenvalue weighted by Gasteiger charge is -2.35. The third-order valence-electron chi connectivity index (χ3n) is 6.16. The van der Waals surface area contributed by atoms with Crippen LogP contribution in [0.4, 0.5) is 0 Å². The standard InChI is InChI=1S/C26H29ClN2O4/c1-16(2)18-4-6-19(7-5-18)22(29-8-10-32-11-9-29)15-28-26(31)25-14-23(30)20-13-21(27)17(3)12-24(20)33-25/h4-7,12-14,16,22H,8-11,15H2,1-3H3,(H,28,31)/t22-/m1/s1. The van der Waals surface area contributed by atoms with Crippen LogP contribution in [0.1, 0.15) is 53.1 Å². The minimum absolute atomic E-state index is 0.00714. The fraction of sp³-hybridized carbons (Fsp3) is 0.385. The highest BCUT2D eigenvalue weighted by atomic mass is 35.5. The summed E-state index contributed by atoms with van der Waals surface area (Å²) >= 11 is 6.13. The van der Waals surface area contributed by atoms with Gasteiger partial charge in [0.2, 0.25) is 0 Å². The molecule has 0 bridgehead atoms. The van der Waals surface area contributed by atoms with Crippen molar-refractivity contribution in [2.45, 2.75) is 32.7 Å². The van der Waals surface area contributed by atoms with Crippen LogP contribution in [0.3, 0.4) is 0 Å². The number of ether oxygens (including phenoxy) is 1. The van der Waals surface area contributed by atoms with E-state index in [0.717, 1.165) is 24.2 Å². The normalized spacial score (nSPS) is 15.7. The van der Waals surface area contributed by atoms with Crippen LogP contribution in [-0.2, 0) is 4.74 Å². The van der Waals surface area contributed by atoms with Crippen molar-refractivity contribution >= 4 is 28.5 Å². The number of hydrogen-bond acceptors (Lipinski definition) is 5. The molecule has 1 aliphatic rings. The van der Waals surface area contributed by atoms with E-state index in [0.29, 0.717) is 41.7 Å². The monoisotopic (exact) mass is 468 g/mol. The highest BCUT2D eigenvalue weighted by molar-refractivity contribution is 6.32. The molecule has 1 fully saturated rings. The lowest BCUT2D eigenvalue weighted by atomic mass is 9.98. The number of carbonyl (C=O) groups excluding carboxylic acids is 1. The molecule has 1 aromatic heterocycles. The Bertz CT molecular complexity index is 1200. The first-order valence-electron chi connectivity index (χ1n) is 11.3. The maximum absolute atomic E-state index is 12.9. The van der Waals surface area contributed by atoms with Crippen molar-refractivity contribution in [2.24, 2.45) is 0 Å². The molecular formula is C26H29ClN2O4. The van der Waals surface area contributed by atoms with Crippen LogP contribution in [0, 0.1) is 6.92 Å². The van der Waals surface area contributed by atoms with Gasteiger partial charge in [0.25, 0.3) is 5.91 Å². The van der Waals surface area contributed by atoms with Gasteiger partial charge in [-0.05, 0) is 41.7 Å². The Labute approximate surface area is 198 Å². The molecule has 1 atom stereocenters. The van der Waals surface area contributed by atoms with Gasteiger partial charge in [-0.1, -0.05) is 49.7 Å². The second-order valence-electron chi connectivity index (χ2n) is 8.77. The SMILES string of the molecule is Cc1cc2oc(C(=O)NC[C@H](c3ccc(C(C)C)cc3)N3CCOCC3)cc(=O)c2cc1Cl. The maximum Gasteiger partial charge on any atom is 0.287 e. The molecule has 0 aliphatic carbocycles. The molecule has 2 heterocycles. The van der Waals surface area contributed by atoms with E-state index in [2.05, 4.69) is 48.3 Å². The Morgan fingerprint density at radius 3 is 2.42 bits per heavy atom. The molecule has 7 heteroatoms. The number of benzene rings is 2. The van der Waals surface area contributed by atoms with E-state index < -0.39 is 5.91 Å². The highest BCUT2D eigenvalue weighted by Crippen LogP contribution is 2.25. The average molecular weight is 469 g/mol. The summed E-state index contributed by atoms with van der Waals surface area (Å²) < 4.78 is 11.3. The topological polar surface area (TPSA) is 71.8 Å². The number of aryl methyl sites for hydroxylation is 1. The Morgan fingerprint density at radius 1 is 1.09 bits per heavy atom. The van der Waals surface area contributed by atoms with E-state index in [4.69, 9.17) is 20.8 Å².